The summed E-state index contributed by atoms with van der Waals surface area (Å²) in [7, 11) is -4.28. The number of nitro groups is 1. The number of aliphatic hydroxyl groups excluding tert-OH is 1. The third-order valence-corrected chi connectivity index (χ3v) is 6.59. The molecule has 1 aromatic heterocycles. The topological polar surface area (TPSA) is 138 Å². The van der Waals surface area contributed by atoms with Gasteiger partial charge in [0.25, 0.3) is 15.7 Å². The van der Waals surface area contributed by atoms with E-state index in [2.05, 4.69) is 0 Å². The number of carboxylic acid groups (broad SMARTS) is 1. The Morgan fingerprint density at radius 1 is 1.57 bits per heavy atom. The number of thiophene rings is 1. The lowest BCUT2D eigenvalue weighted by Gasteiger charge is -2.19. The second kappa shape index (κ2) is 5.50. The van der Waals surface area contributed by atoms with Gasteiger partial charge in [0, 0.05) is 19.0 Å². The van der Waals surface area contributed by atoms with Gasteiger partial charge in [-0.2, -0.15) is 4.31 Å². The number of hydrogen-bond acceptors (Lipinski definition) is 7. The Balaban J connectivity index is 2.44. The van der Waals surface area contributed by atoms with Crippen LogP contribution < -0.4 is 0 Å². The van der Waals surface area contributed by atoms with Gasteiger partial charge in [-0.1, -0.05) is 11.6 Å². The molecule has 0 saturated carbocycles. The number of sulfonamides is 1. The zero-order valence-electron chi connectivity index (χ0n) is 10.2. The molecule has 116 valence electrons. The number of hydrogen-bond donors (Lipinski definition) is 2. The molecule has 2 N–H and O–H groups in total. The maximum Gasteiger partial charge on any atom is 0.322 e. The van der Waals surface area contributed by atoms with E-state index >= 15 is 0 Å². The summed E-state index contributed by atoms with van der Waals surface area (Å²) < 4.78 is 24.6. The van der Waals surface area contributed by atoms with E-state index < -0.39 is 43.0 Å². The van der Waals surface area contributed by atoms with Crippen molar-refractivity contribution in [3.63, 3.8) is 0 Å². The van der Waals surface area contributed by atoms with Crippen molar-refractivity contribution in [1.29, 1.82) is 0 Å². The predicted molar refractivity (Wildman–Crippen MR) is 71.9 cm³/mol. The first-order valence-corrected chi connectivity index (χ1v) is 8.14. The summed E-state index contributed by atoms with van der Waals surface area (Å²) in [6, 6.07) is -0.628. The molecule has 1 aliphatic rings. The third-order valence-electron chi connectivity index (χ3n) is 2.92. The summed E-state index contributed by atoms with van der Waals surface area (Å²) in [4.78, 5) is 20.9. The molecule has 1 fully saturated rings. The van der Waals surface area contributed by atoms with Crippen LogP contribution in [-0.2, 0) is 14.8 Å². The van der Waals surface area contributed by atoms with Gasteiger partial charge >= 0.3 is 5.97 Å². The number of carbonyl (C=O) groups is 1. The Bertz CT molecular complexity index is 701. The van der Waals surface area contributed by atoms with Crippen LogP contribution in [0.25, 0.3) is 0 Å². The van der Waals surface area contributed by atoms with Crippen molar-refractivity contribution in [2.45, 2.75) is 22.8 Å². The highest BCUT2D eigenvalue weighted by molar-refractivity contribution is 7.91. The maximum absolute atomic E-state index is 12.4. The molecule has 21 heavy (non-hydrogen) atoms. The van der Waals surface area contributed by atoms with Crippen molar-refractivity contribution >= 4 is 44.6 Å². The van der Waals surface area contributed by atoms with Crippen molar-refractivity contribution < 1.29 is 28.3 Å². The van der Waals surface area contributed by atoms with Crippen LogP contribution in [0.1, 0.15) is 6.42 Å². The van der Waals surface area contributed by atoms with Gasteiger partial charge in [0.2, 0.25) is 0 Å². The predicted octanol–water partition coefficient (Wildman–Crippen LogP) is 0.518. The average Bonchev–Trinajstić information content (AvgIpc) is 2.93. The van der Waals surface area contributed by atoms with Gasteiger partial charge in [0.1, 0.15) is 10.3 Å². The van der Waals surface area contributed by atoms with Crippen LogP contribution in [0.3, 0.4) is 0 Å². The first kappa shape index (κ1) is 16.1. The smallest absolute Gasteiger partial charge is 0.322 e. The van der Waals surface area contributed by atoms with E-state index in [4.69, 9.17) is 16.7 Å². The zero-order valence-corrected chi connectivity index (χ0v) is 12.6. The molecule has 1 saturated heterocycles. The fourth-order valence-electron chi connectivity index (χ4n) is 1.98. The van der Waals surface area contributed by atoms with E-state index in [0.717, 1.165) is 6.07 Å². The molecule has 0 amide bonds. The summed E-state index contributed by atoms with van der Waals surface area (Å²) in [6.45, 7) is -0.386. The number of halogens is 1. The molecule has 0 radical (unpaired) electrons. The van der Waals surface area contributed by atoms with Crippen molar-refractivity contribution in [3.8, 4) is 0 Å². The first-order chi connectivity index (χ1) is 9.64. The number of aliphatic hydroxyl groups is 1. The van der Waals surface area contributed by atoms with Gasteiger partial charge in [-0.15, -0.1) is 11.3 Å². The number of aliphatic carboxylic acids is 1. The minimum Gasteiger partial charge on any atom is -0.480 e. The molecule has 1 aliphatic heterocycles. The number of carboxylic acids is 1. The summed E-state index contributed by atoms with van der Waals surface area (Å²) in [5.74, 6) is -1.40. The molecule has 0 spiro atoms. The van der Waals surface area contributed by atoms with Crippen molar-refractivity contribution in [1.82, 2.24) is 4.31 Å². The van der Waals surface area contributed by atoms with Crippen molar-refractivity contribution in [2.75, 3.05) is 6.54 Å². The third kappa shape index (κ3) is 2.87. The minimum absolute atomic E-state index is 0.240. The Labute approximate surface area is 127 Å². The highest BCUT2D eigenvalue weighted by atomic mass is 35.5. The van der Waals surface area contributed by atoms with Crippen molar-refractivity contribution in [2.24, 2.45) is 0 Å². The Kier molecular flexibility index (Phi) is 4.22. The standard InChI is InChI=1S/C9H9ClN2O7S2/c10-8-5(12(16)17)2-7(20-8)21(18,19)11-3-4(13)1-6(11)9(14)15/h2,4,6,13H,1,3H2,(H,14,15)/t4?,6-/m0/s1. The second-order valence-corrected chi connectivity index (χ2v) is 8.07. The molecule has 1 aromatic rings. The molecule has 0 aromatic carbocycles. The SMILES string of the molecule is O=C(O)[C@@H]1CC(O)CN1S(=O)(=O)c1cc([N+](=O)[O-])c(Cl)s1. The maximum atomic E-state index is 12.4. The fraction of sp³-hybridized carbons (Fsp3) is 0.444. The summed E-state index contributed by atoms with van der Waals surface area (Å²) >= 11 is 6.08. The van der Waals surface area contributed by atoms with E-state index in [-0.39, 0.29) is 17.3 Å². The number of nitrogens with zero attached hydrogens (tertiary/aromatic N) is 2. The van der Waals surface area contributed by atoms with Gasteiger partial charge in [-0.05, 0) is 0 Å². The minimum atomic E-state index is -4.28. The zero-order chi connectivity index (χ0) is 15.9. The lowest BCUT2D eigenvalue weighted by Crippen LogP contribution is -2.40. The fourth-order valence-corrected chi connectivity index (χ4v) is 5.41. The Hall–Kier alpha value is -1.27. The Morgan fingerprint density at radius 3 is 2.67 bits per heavy atom. The second-order valence-electron chi connectivity index (χ2n) is 4.30. The molecular formula is C9H9ClN2O7S2. The molecule has 9 nitrogen and oxygen atoms in total. The average molecular weight is 357 g/mol. The molecule has 2 atom stereocenters. The highest BCUT2D eigenvalue weighted by Gasteiger charge is 2.44. The molecular weight excluding hydrogens is 348 g/mol. The van der Waals surface area contributed by atoms with Gasteiger partial charge < -0.3 is 10.2 Å². The van der Waals surface area contributed by atoms with Crippen LogP contribution in [0.4, 0.5) is 5.69 Å². The number of β-amino-alcohol motifs (C(OH)–C–C–N with tert-alkyl or cyclic N) is 1. The van der Waals surface area contributed by atoms with E-state index in [1.165, 1.54) is 0 Å². The van der Waals surface area contributed by atoms with Crippen LogP contribution in [-0.4, -0.2) is 52.5 Å². The largest absolute Gasteiger partial charge is 0.480 e. The first-order valence-electron chi connectivity index (χ1n) is 5.51. The quantitative estimate of drug-likeness (QED) is 0.592. The van der Waals surface area contributed by atoms with Crippen LogP contribution in [0.15, 0.2) is 10.3 Å². The summed E-state index contributed by atoms with van der Waals surface area (Å²) in [5, 5.41) is 29.2. The van der Waals surface area contributed by atoms with Gasteiger partial charge in [0.05, 0.1) is 11.0 Å². The molecule has 0 bridgehead atoms. The van der Waals surface area contributed by atoms with E-state index in [9.17, 15) is 28.4 Å². The lowest BCUT2D eigenvalue weighted by molar-refractivity contribution is -0.384. The van der Waals surface area contributed by atoms with E-state index in [0.29, 0.717) is 15.6 Å². The summed E-state index contributed by atoms with van der Waals surface area (Å²) in [5.41, 5.74) is -0.563. The van der Waals surface area contributed by atoms with Crippen LogP contribution in [0, 0.1) is 10.1 Å². The van der Waals surface area contributed by atoms with E-state index in [1.807, 2.05) is 0 Å². The van der Waals surface area contributed by atoms with Crippen LogP contribution in [0.5, 0.6) is 0 Å². The summed E-state index contributed by atoms with van der Waals surface area (Å²) in [6.07, 6.45) is -1.35. The number of rotatable bonds is 4. The molecule has 1 unspecified atom stereocenters. The van der Waals surface area contributed by atoms with Gasteiger partial charge in [-0.25, -0.2) is 8.42 Å². The molecule has 2 rings (SSSR count). The molecule has 12 heteroatoms. The van der Waals surface area contributed by atoms with Crippen molar-refractivity contribution in [3.05, 3.63) is 20.5 Å². The molecule has 0 aliphatic carbocycles. The normalized spacial score (nSPS) is 23.3. The monoisotopic (exact) mass is 356 g/mol. The Morgan fingerprint density at radius 2 is 2.19 bits per heavy atom. The van der Waals surface area contributed by atoms with E-state index in [1.54, 1.807) is 0 Å². The lowest BCUT2D eigenvalue weighted by atomic mass is 10.2. The van der Waals surface area contributed by atoms with Gasteiger partial charge in [0.15, 0.2) is 4.34 Å². The molecule has 2 heterocycles. The van der Waals surface area contributed by atoms with Gasteiger partial charge in [-0.3, -0.25) is 14.9 Å². The van der Waals surface area contributed by atoms with Crippen LogP contribution >= 0.6 is 22.9 Å². The van der Waals surface area contributed by atoms with Crippen LogP contribution in [0.2, 0.25) is 4.34 Å². The highest BCUT2D eigenvalue weighted by Crippen LogP contribution is 2.39.